The van der Waals surface area contributed by atoms with Gasteiger partial charge in [0.25, 0.3) is 0 Å². The Morgan fingerprint density at radius 3 is 2.75 bits per heavy atom. The van der Waals surface area contributed by atoms with E-state index in [1.807, 2.05) is 12.1 Å². The molecule has 2 aromatic rings. The first-order chi connectivity index (χ1) is 9.72. The lowest BCUT2D eigenvalue weighted by Crippen LogP contribution is -2.00. The zero-order valence-electron chi connectivity index (χ0n) is 11.0. The van der Waals surface area contributed by atoms with E-state index in [0.29, 0.717) is 11.1 Å². The Morgan fingerprint density at radius 2 is 1.95 bits per heavy atom. The molecule has 0 saturated carbocycles. The van der Waals surface area contributed by atoms with Crippen LogP contribution in [0, 0.1) is 0 Å². The number of benzene rings is 2. The maximum absolute atomic E-state index is 12.0. The highest BCUT2D eigenvalue weighted by molar-refractivity contribution is 7.99. The van der Waals surface area contributed by atoms with Gasteiger partial charge in [0.15, 0.2) is 0 Å². The quantitative estimate of drug-likeness (QED) is 0.482. The van der Waals surface area contributed by atoms with Crippen molar-refractivity contribution in [1.29, 1.82) is 0 Å². The number of esters is 2. The molecule has 100 valence electrons. The molecule has 2 aromatic carbocycles. The van der Waals surface area contributed by atoms with E-state index >= 15 is 0 Å². The largest absolute Gasteiger partial charge is 0.386 e. The predicted molar refractivity (Wildman–Crippen MR) is 77.5 cm³/mol. The Kier molecular flexibility index (Phi) is 2.45. The lowest BCUT2D eigenvalue weighted by molar-refractivity contribution is 0.0443. The van der Waals surface area contributed by atoms with E-state index in [9.17, 15) is 9.59 Å². The molecule has 1 aliphatic carbocycles. The Bertz CT molecular complexity index is 792. The second kappa shape index (κ2) is 4.09. The Balaban J connectivity index is 2.21. The highest BCUT2D eigenvalue weighted by Gasteiger charge is 2.37. The fraction of sp³-hybridized carbons (Fsp3) is 0.250. The molecule has 0 amide bonds. The Hall–Kier alpha value is -1.81. The van der Waals surface area contributed by atoms with Crippen LogP contribution < -0.4 is 0 Å². The molecule has 0 radical (unpaired) electrons. The lowest BCUT2D eigenvalue weighted by Gasteiger charge is -2.11. The van der Waals surface area contributed by atoms with Gasteiger partial charge in [-0.15, -0.1) is 11.8 Å². The number of thioether (sulfide) groups is 1. The van der Waals surface area contributed by atoms with Gasteiger partial charge in [-0.25, -0.2) is 9.59 Å². The van der Waals surface area contributed by atoms with Crippen LogP contribution in [0.3, 0.4) is 0 Å². The summed E-state index contributed by atoms with van der Waals surface area (Å²) in [7, 11) is 0. The normalized spacial score (nSPS) is 15.8. The SMILES string of the molecule is CCSc1c2c(c3cccc4c3c1CC4)C(=O)OC2=O. The van der Waals surface area contributed by atoms with E-state index in [-0.39, 0.29) is 0 Å². The van der Waals surface area contributed by atoms with Crippen molar-refractivity contribution in [3.8, 4) is 0 Å². The summed E-state index contributed by atoms with van der Waals surface area (Å²) in [6.45, 7) is 2.05. The topological polar surface area (TPSA) is 43.4 Å². The molecule has 1 heterocycles. The van der Waals surface area contributed by atoms with Crippen LogP contribution in [0.1, 0.15) is 38.8 Å². The molecule has 0 saturated heterocycles. The third-order valence-corrected chi connectivity index (χ3v) is 5.03. The second-order valence-corrected chi connectivity index (χ2v) is 6.28. The molecule has 0 fully saturated rings. The summed E-state index contributed by atoms with van der Waals surface area (Å²) in [6.07, 6.45) is 1.92. The van der Waals surface area contributed by atoms with Gasteiger partial charge in [-0.05, 0) is 40.5 Å². The lowest BCUT2D eigenvalue weighted by atomic mass is 9.96. The summed E-state index contributed by atoms with van der Waals surface area (Å²) in [6, 6.07) is 5.98. The molecule has 0 bridgehead atoms. The maximum Gasteiger partial charge on any atom is 0.348 e. The van der Waals surface area contributed by atoms with Crippen LogP contribution in [0.2, 0.25) is 0 Å². The molecule has 1 aliphatic heterocycles. The first kappa shape index (κ1) is 12.0. The standard InChI is InChI=1S/C16H12O3S/c1-2-20-14-10-7-6-8-4-3-5-9(11(8)10)12-13(14)16(18)19-15(12)17/h3-5H,2,6-7H2,1H3. The summed E-state index contributed by atoms with van der Waals surface area (Å²) >= 11 is 1.63. The van der Waals surface area contributed by atoms with Gasteiger partial charge in [-0.3, -0.25) is 0 Å². The summed E-state index contributed by atoms with van der Waals surface area (Å²) in [5, 5.41) is 2.04. The van der Waals surface area contributed by atoms with Gasteiger partial charge in [-0.2, -0.15) is 0 Å². The van der Waals surface area contributed by atoms with Crippen LogP contribution in [-0.4, -0.2) is 17.7 Å². The van der Waals surface area contributed by atoms with E-state index in [2.05, 4.69) is 13.0 Å². The number of hydrogen-bond donors (Lipinski definition) is 0. The van der Waals surface area contributed by atoms with Crippen LogP contribution in [0.15, 0.2) is 23.1 Å². The van der Waals surface area contributed by atoms with Gasteiger partial charge in [-0.1, -0.05) is 25.1 Å². The molecule has 0 atom stereocenters. The molecular weight excluding hydrogens is 272 g/mol. The van der Waals surface area contributed by atoms with Gasteiger partial charge in [0.05, 0.1) is 11.1 Å². The van der Waals surface area contributed by atoms with Gasteiger partial charge in [0, 0.05) is 4.90 Å². The van der Waals surface area contributed by atoms with Crippen LogP contribution in [-0.2, 0) is 17.6 Å². The summed E-state index contributed by atoms with van der Waals surface area (Å²) in [4.78, 5) is 25.0. The smallest absolute Gasteiger partial charge is 0.348 e. The van der Waals surface area contributed by atoms with E-state index in [4.69, 9.17) is 4.74 Å². The van der Waals surface area contributed by atoms with Crippen molar-refractivity contribution in [2.45, 2.75) is 24.7 Å². The monoisotopic (exact) mass is 284 g/mol. The maximum atomic E-state index is 12.0. The molecule has 0 N–H and O–H groups in total. The van der Waals surface area contributed by atoms with Gasteiger partial charge < -0.3 is 4.74 Å². The van der Waals surface area contributed by atoms with Gasteiger partial charge >= 0.3 is 11.9 Å². The average molecular weight is 284 g/mol. The number of aryl methyl sites for hydroxylation is 2. The number of carbonyl (C=O) groups excluding carboxylic acids is 2. The molecule has 4 rings (SSSR count). The van der Waals surface area contributed by atoms with Crippen molar-refractivity contribution < 1.29 is 14.3 Å². The highest BCUT2D eigenvalue weighted by atomic mass is 32.2. The van der Waals surface area contributed by atoms with E-state index < -0.39 is 11.9 Å². The second-order valence-electron chi connectivity index (χ2n) is 5.01. The predicted octanol–water partition coefficient (Wildman–Crippen LogP) is 3.36. The molecule has 3 nitrogen and oxygen atoms in total. The van der Waals surface area contributed by atoms with Crippen molar-refractivity contribution in [1.82, 2.24) is 0 Å². The molecule has 2 aliphatic rings. The number of hydrogen-bond acceptors (Lipinski definition) is 4. The summed E-state index contributed by atoms with van der Waals surface area (Å²) < 4.78 is 4.85. The first-order valence-corrected chi connectivity index (χ1v) is 7.70. The fourth-order valence-electron chi connectivity index (χ4n) is 3.28. The van der Waals surface area contributed by atoms with Crippen molar-refractivity contribution in [2.75, 3.05) is 5.75 Å². The molecular formula is C16H12O3S. The zero-order valence-corrected chi connectivity index (χ0v) is 11.8. The van der Waals surface area contributed by atoms with Crippen LogP contribution in [0.25, 0.3) is 10.8 Å². The number of ether oxygens (including phenoxy) is 1. The number of rotatable bonds is 2. The van der Waals surface area contributed by atoms with Crippen LogP contribution >= 0.6 is 11.8 Å². The van der Waals surface area contributed by atoms with Crippen molar-refractivity contribution in [3.63, 3.8) is 0 Å². The summed E-state index contributed by atoms with van der Waals surface area (Å²) in [5.74, 6) is -0.121. The van der Waals surface area contributed by atoms with Gasteiger partial charge in [0.2, 0.25) is 0 Å². The minimum Gasteiger partial charge on any atom is -0.386 e. The number of fused-ring (bicyclic) bond motifs is 2. The van der Waals surface area contributed by atoms with Gasteiger partial charge in [0.1, 0.15) is 0 Å². The van der Waals surface area contributed by atoms with Crippen molar-refractivity contribution in [3.05, 3.63) is 40.5 Å². The van der Waals surface area contributed by atoms with Crippen molar-refractivity contribution >= 4 is 34.5 Å². The molecule has 20 heavy (non-hydrogen) atoms. The van der Waals surface area contributed by atoms with E-state index in [0.717, 1.165) is 34.3 Å². The first-order valence-electron chi connectivity index (χ1n) is 6.72. The minimum atomic E-state index is -0.501. The number of carbonyl (C=O) groups is 2. The minimum absolute atomic E-state index is 0.466. The van der Waals surface area contributed by atoms with E-state index in [1.165, 1.54) is 11.1 Å². The Labute approximate surface area is 120 Å². The highest BCUT2D eigenvalue weighted by Crippen LogP contribution is 2.44. The third-order valence-electron chi connectivity index (χ3n) is 4.00. The fourth-order valence-corrected chi connectivity index (χ4v) is 4.28. The van der Waals surface area contributed by atoms with E-state index in [1.54, 1.807) is 11.8 Å². The zero-order chi connectivity index (χ0) is 13.9. The van der Waals surface area contributed by atoms with Crippen molar-refractivity contribution in [2.24, 2.45) is 0 Å². The molecule has 0 spiro atoms. The van der Waals surface area contributed by atoms with Crippen LogP contribution in [0.5, 0.6) is 0 Å². The number of cyclic esters (lactones) is 2. The molecule has 4 heteroatoms. The van der Waals surface area contributed by atoms with Crippen LogP contribution in [0.4, 0.5) is 0 Å². The average Bonchev–Trinajstić information content (AvgIpc) is 2.98. The molecule has 0 aromatic heterocycles. The molecule has 0 unspecified atom stereocenters. The third kappa shape index (κ3) is 1.37. The summed E-state index contributed by atoms with van der Waals surface area (Å²) in [5.41, 5.74) is 3.44. The Morgan fingerprint density at radius 1 is 1.15 bits per heavy atom.